The molecule has 0 saturated heterocycles. The number of carbonyl (C=O) groups is 1. The molecule has 92 valence electrons. The Labute approximate surface area is 110 Å². The fraction of sp³-hybridized carbons (Fsp3) is 0.143. The average Bonchev–Trinajstić information content (AvgIpc) is 2.82. The van der Waals surface area contributed by atoms with Gasteiger partial charge in [0.05, 0.1) is 0 Å². The zero-order chi connectivity index (χ0) is 13.0. The summed E-state index contributed by atoms with van der Waals surface area (Å²) in [7, 11) is 0. The summed E-state index contributed by atoms with van der Waals surface area (Å²) in [5.41, 5.74) is 2.83. The number of anilines is 1. The van der Waals surface area contributed by atoms with Crippen LogP contribution in [0.1, 0.15) is 13.8 Å². The van der Waals surface area contributed by atoms with Crippen LogP contribution in [0.4, 0.5) is 5.69 Å². The molecule has 0 radical (unpaired) electrons. The second kappa shape index (κ2) is 5.60. The Morgan fingerprint density at radius 1 is 1.28 bits per heavy atom. The molecule has 18 heavy (non-hydrogen) atoms. The number of aromatic nitrogens is 1. The first-order valence-electron chi connectivity index (χ1n) is 5.61. The van der Waals surface area contributed by atoms with Crippen molar-refractivity contribution in [3.8, 4) is 10.6 Å². The Morgan fingerprint density at radius 3 is 2.56 bits per heavy atom. The molecule has 4 heteroatoms. The summed E-state index contributed by atoms with van der Waals surface area (Å²) in [5.74, 6) is -0.100. The summed E-state index contributed by atoms with van der Waals surface area (Å²) in [5, 5.41) is 5.74. The van der Waals surface area contributed by atoms with E-state index in [1.54, 1.807) is 23.6 Å². The number of carbonyl (C=O) groups excluding carboxylic acids is 1. The van der Waals surface area contributed by atoms with Gasteiger partial charge in [-0.15, -0.1) is 11.3 Å². The maximum absolute atomic E-state index is 11.5. The standard InChI is InChI=1S/C14H14N2OS/c1-10(2)9-13(17)16-12-5-3-11(4-6-12)14-15-7-8-18-14/h3-9H,1-2H3,(H,16,17). The predicted molar refractivity (Wildman–Crippen MR) is 75.6 cm³/mol. The third-order valence-electron chi connectivity index (χ3n) is 2.25. The van der Waals surface area contributed by atoms with E-state index >= 15 is 0 Å². The van der Waals surface area contributed by atoms with Gasteiger partial charge in [0.15, 0.2) is 0 Å². The first-order valence-corrected chi connectivity index (χ1v) is 6.49. The number of thiazole rings is 1. The van der Waals surface area contributed by atoms with Crippen LogP contribution in [0.2, 0.25) is 0 Å². The van der Waals surface area contributed by atoms with Gasteiger partial charge in [-0.25, -0.2) is 4.98 Å². The number of amides is 1. The van der Waals surface area contributed by atoms with E-state index in [4.69, 9.17) is 0 Å². The van der Waals surface area contributed by atoms with Gasteiger partial charge in [0.2, 0.25) is 5.91 Å². The van der Waals surface area contributed by atoms with Gasteiger partial charge < -0.3 is 5.32 Å². The molecule has 0 bridgehead atoms. The molecule has 1 aromatic carbocycles. The van der Waals surface area contributed by atoms with Crippen LogP contribution in [0.3, 0.4) is 0 Å². The van der Waals surface area contributed by atoms with Crippen LogP contribution in [0, 0.1) is 0 Å². The summed E-state index contributed by atoms with van der Waals surface area (Å²) < 4.78 is 0. The second-order valence-electron chi connectivity index (χ2n) is 4.13. The van der Waals surface area contributed by atoms with Crippen molar-refractivity contribution in [3.05, 3.63) is 47.5 Å². The SMILES string of the molecule is CC(C)=CC(=O)Nc1ccc(-c2nccs2)cc1. The van der Waals surface area contributed by atoms with E-state index in [9.17, 15) is 4.79 Å². The Morgan fingerprint density at radius 2 is 2.00 bits per heavy atom. The first kappa shape index (κ1) is 12.5. The third kappa shape index (κ3) is 3.28. The normalized spacial score (nSPS) is 9.89. The molecular weight excluding hydrogens is 244 g/mol. The summed E-state index contributed by atoms with van der Waals surface area (Å²) in [6.07, 6.45) is 3.36. The summed E-state index contributed by atoms with van der Waals surface area (Å²) in [6.45, 7) is 3.79. The third-order valence-corrected chi connectivity index (χ3v) is 3.07. The Bertz CT molecular complexity index is 552. The van der Waals surface area contributed by atoms with Crippen molar-refractivity contribution in [1.29, 1.82) is 0 Å². The van der Waals surface area contributed by atoms with E-state index in [0.717, 1.165) is 21.8 Å². The van der Waals surface area contributed by atoms with Gasteiger partial charge in [-0.3, -0.25) is 4.79 Å². The van der Waals surface area contributed by atoms with Gasteiger partial charge in [0, 0.05) is 28.9 Å². The number of allylic oxidation sites excluding steroid dienone is 1. The van der Waals surface area contributed by atoms with Gasteiger partial charge >= 0.3 is 0 Å². The van der Waals surface area contributed by atoms with E-state index in [-0.39, 0.29) is 5.91 Å². The maximum atomic E-state index is 11.5. The highest BCUT2D eigenvalue weighted by Crippen LogP contribution is 2.23. The molecule has 1 aromatic heterocycles. The van der Waals surface area contributed by atoms with Crippen molar-refractivity contribution in [2.75, 3.05) is 5.32 Å². The monoisotopic (exact) mass is 258 g/mol. The molecule has 0 saturated carbocycles. The highest BCUT2D eigenvalue weighted by atomic mass is 32.1. The minimum atomic E-state index is -0.100. The number of benzene rings is 1. The lowest BCUT2D eigenvalue weighted by Crippen LogP contribution is -2.08. The van der Waals surface area contributed by atoms with Crippen molar-refractivity contribution in [2.24, 2.45) is 0 Å². The second-order valence-corrected chi connectivity index (χ2v) is 5.02. The van der Waals surface area contributed by atoms with Crippen molar-refractivity contribution in [3.63, 3.8) is 0 Å². The molecule has 0 spiro atoms. The zero-order valence-corrected chi connectivity index (χ0v) is 11.1. The number of nitrogens with one attached hydrogen (secondary N) is 1. The van der Waals surface area contributed by atoms with Crippen LogP contribution >= 0.6 is 11.3 Å². The molecule has 0 atom stereocenters. The lowest BCUT2D eigenvalue weighted by Gasteiger charge is -2.03. The van der Waals surface area contributed by atoms with Gasteiger partial charge in [0.25, 0.3) is 0 Å². The van der Waals surface area contributed by atoms with Crippen LogP contribution in [0.25, 0.3) is 10.6 Å². The Kier molecular flexibility index (Phi) is 3.89. The van der Waals surface area contributed by atoms with E-state index in [2.05, 4.69) is 10.3 Å². The number of hydrogen-bond donors (Lipinski definition) is 1. The molecule has 3 nitrogen and oxygen atoms in total. The summed E-state index contributed by atoms with van der Waals surface area (Å²) >= 11 is 1.60. The number of hydrogen-bond acceptors (Lipinski definition) is 3. The largest absolute Gasteiger partial charge is 0.323 e. The fourth-order valence-electron chi connectivity index (χ4n) is 1.50. The molecule has 0 aliphatic carbocycles. The lowest BCUT2D eigenvalue weighted by atomic mass is 10.2. The molecule has 0 unspecified atom stereocenters. The molecule has 0 fully saturated rings. The minimum absolute atomic E-state index is 0.100. The average molecular weight is 258 g/mol. The van der Waals surface area contributed by atoms with Gasteiger partial charge in [-0.1, -0.05) is 5.57 Å². The van der Waals surface area contributed by atoms with Crippen LogP contribution in [-0.4, -0.2) is 10.9 Å². The first-order chi connectivity index (χ1) is 8.65. The molecule has 2 rings (SSSR count). The Balaban J connectivity index is 2.09. The van der Waals surface area contributed by atoms with E-state index < -0.39 is 0 Å². The number of nitrogens with zero attached hydrogens (tertiary/aromatic N) is 1. The van der Waals surface area contributed by atoms with Gasteiger partial charge in [-0.2, -0.15) is 0 Å². The smallest absolute Gasteiger partial charge is 0.248 e. The maximum Gasteiger partial charge on any atom is 0.248 e. The molecule has 2 aromatic rings. The quantitative estimate of drug-likeness (QED) is 0.853. The van der Waals surface area contributed by atoms with Crippen LogP contribution in [0.15, 0.2) is 47.5 Å². The van der Waals surface area contributed by atoms with Crippen LogP contribution < -0.4 is 5.32 Å². The molecule has 1 amide bonds. The van der Waals surface area contributed by atoms with E-state index in [0.29, 0.717) is 0 Å². The lowest BCUT2D eigenvalue weighted by molar-refractivity contribution is -0.111. The Hall–Kier alpha value is -1.94. The molecule has 1 heterocycles. The van der Waals surface area contributed by atoms with E-state index in [1.165, 1.54) is 0 Å². The van der Waals surface area contributed by atoms with Crippen molar-refractivity contribution >= 4 is 22.9 Å². The van der Waals surface area contributed by atoms with Gasteiger partial charge in [0.1, 0.15) is 5.01 Å². The summed E-state index contributed by atoms with van der Waals surface area (Å²) in [6, 6.07) is 7.68. The highest BCUT2D eigenvalue weighted by Gasteiger charge is 2.02. The molecule has 0 aliphatic rings. The van der Waals surface area contributed by atoms with Crippen LogP contribution in [0.5, 0.6) is 0 Å². The van der Waals surface area contributed by atoms with Crippen molar-refractivity contribution < 1.29 is 4.79 Å². The van der Waals surface area contributed by atoms with Crippen molar-refractivity contribution in [2.45, 2.75) is 13.8 Å². The minimum Gasteiger partial charge on any atom is -0.323 e. The fourth-order valence-corrected chi connectivity index (χ4v) is 2.15. The zero-order valence-electron chi connectivity index (χ0n) is 10.3. The summed E-state index contributed by atoms with van der Waals surface area (Å²) in [4.78, 5) is 15.8. The topological polar surface area (TPSA) is 42.0 Å². The van der Waals surface area contributed by atoms with E-state index in [1.807, 2.05) is 43.5 Å². The molecular formula is C14H14N2OS. The van der Waals surface area contributed by atoms with Crippen LogP contribution in [-0.2, 0) is 4.79 Å². The van der Waals surface area contributed by atoms with Gasteiger partial charge in [-0.05, 0) is 38.1 Å². The number of rotatable bonds is 3. The van der Waals surface area contributed by atoms with Crippen molar-refractivity contribution in [1.82, 2.24) is 4.98 Å². The molecule has 1 N–H and O–H groups in total. The molecule has 0 aliphatic heterocycles. The predicted octanol–water partition coefficient (Wildman–Crippen LogP) is 3.71. The highest BCUT2D eigenvalue weighted by molar-refractivity contribution is 7.13.